The van der Waals surface area contributed by atoms with E-state index in [2.05, 4.69) is 55.3 Å². The molecule has 1 N–H and O–H groups in total. The van der Waals surface area contributed by atoms with Crippen LogP contribution in [-0.4, -0.2) is 52.4 Å². The van der Waals surface area contributed by atoms with Gasteiger partial charge in [-0.15, -0.1) is 10.2 Å². The number of benzene rings is 2. The largest absolute Gasteiger partial charge is 0.489 e. The highest BCUT2D eigenvalue weighted by Crippen LogP contribution is 2.19. The zero-order valence-corrected chi connectivity index (χ0v) is 19.9. The molecule has 0 saturated carbocycles. The Morgan fingerprint density at radius 3 is 2.71 bits per heavy atom. The van der Waals surface area contributed by atoms with Gasteiger partial charge in [0, 0.05) is 46.1 Å². The fourth-order valence-corrected chi connectivity index (χ4v) is 4.17. The summed E-state index contributed by atoms with van der Waals surface area (Å²) in [5.74, 6) is 2.61. The van der Waals surface area contributed by atoms with Crippen molar-refractivity contribution >= 4 is 5.91 Å². The molecule has 1 atom stereocenters. The van der Waals surface area contributed by atoms with Crippen molar-refractivity contribution in [3.05, 3.63) is 77.4 Å². The molecule has 4 rings (SSSR count). The van der Waals surface area contributed by atoms with Crippen LogP contribution < -0.4 is 10.1 Å². The third-order valence-electron chi connectivity index (χ3n) is 6.00. The van der Waals surface area contributed by atoms with Crippen molar-refractivity contribution in [2.75, 3.05) is 26.8 Å². The van der Waals surface area contributed by atoms with Crippen LogP contribution >= 0.6 is 0 Å². The minimum Gasteiger partial charge on any atom is -0.489 e. The number of nitrogens with zero attached hydrogens (tertiary/aromatic N) is 4. The number of rotatable bonds is 10. The van der Waals surface area contributed by atoms with E-state index in [1.54, 1.807) is 7.11 Å². The van der Waals surface area contributed by atoms with Crippen molar-refractivity contribution < 1.29 is 14.3 Å². The molecule has 8 heteroatoms. The second-order valence-electron chi connectivity index (χ2n) is 8.61. The monoisotopic (exact) mass is 463 g/mol. The van der Waals surface area contributed by atoms with Crippen LogP contribution in [-0.2, 0) is 35.6 Å². The smallest absolute Gasteiger partial charge is 0.222 e. The molecular formula is C26H33N5O3. The molecule has 1 aliphatic heterocycles. The minimum absolute atomic E-state index is 0.0451. The summed E-state index contributed by atoms with van der Waals surface area (Å²) in [4.78, 5) is 14.5. The van der Waals surface area contributed by atoms with E-state index in [9.17, 15) is 4.79 Å². The molecule has 0 fully saturated rings. The van der Waals surface area contributed by atoms with Gasteiger partial charge in [0.05, 0.1) is 12.6 Å². The molecule has 0 saturated heterocycles. The Morgan fingerprint density at radius 2 is 1.88 bits per heavy atom. The van der Waals surface area contributed by atoms with Crippen molar-refractivity contribution in [1.29, 1.82) is 0 Å². The van der Waals surface area contributed by atoms with Gasteiger partial charge in [0.2, 0.25) is 5.91 Å². The Labute approximate surface area is 200 Å². The molecule has 8 nitrogen and oxygen atoms in total. The molecule has 0 aliphatic carbocycles. The summed E-state index contributed by atoms with van der Waals surface area (Å²) >= 11 is 0. The maximum absolute atomic E-state index is 12.1. The van der Waals surface area contributed by atoms with Crippen molar-refractivity contribution in [3.8, 4) is 5.75 Å². The van der Waals surface area contributed by atoms with Gasteiger partial charge in [-0.05, 0) is 30.2 Å². The predicted octanol–water partition coefficient (Wildman–Crippen LogP) is 3.13. The van der Waals surface area contributed by atoms with E-state index in [1.165, 1.54) is 5.56 Å². The maximum Gasteiger partial charge on any atom is 0.222 e. The van der Waals surface area contributed by atoms with Gasteiger partial charge in [0.1, 0.15) is 18.2 Å². The van der Waals surface area contributed by atoms with Crippen molar-refractivity contribution in [3.63, 3.8) is 0 Å². The van der Waals surface area contributed by atoms with E-state index in [1.807, 2.05) is 31.2 Å². The van der Waals surface area contributed by atoms with E-state index in [4.69, 9.17) is 9.47 Å². The van der Waals surface area contributed by atoms with Crippen LogP contribution in [0.2, 0.25) is 0 Å². The molecule has 0 bridgehead atoms. The Hall–Kier alpha value is -3.23. The molecule has 0 radical (unpaired) electrons. The Kier molecular flexibility index (Phi) is 8.27. The number of carbonyl (C=O) groups excluding carboxylic acids is 1. The first-order valence-corrected chi connectivity index (χ1v) is 11.8. The summed E-state index contributed by atoms with van der Waals surface area (Å²) in [6.45, 7) is 6.35. The quantitative estimate of drug-likeness (QED) is 0.498. The number of amides is 1. The summed E-state index contributed by atoms with van der Waals surface area (Å²) < 4.78 is 13.1. The first-order valence-electron chi connectivity index (χ1n) is 11.8. The molecule has 0 spiro atoms. The van der Waals surface area contributed by atoms with Gasteiger partial charge in [-0.2, -0.15) is 0 Å². The Morgan fingerprint density at radius 1 is 1.06 bits per heavy atom. The van der Waals surface area contributed by atoms with Crippen LogP contribution in [0.25, 0.3) is 0 Å². The van der Waals surface area contributed by atoms with Crippen LogP contribution in [0.15, 0.2) is 54.6 Å². The molecule has 1 aromatic heterocycles. The number of hydrogen-bond acceptors (Lipinski definition) is 6. The molecular weight excluding hydrogens is 430 g/mol. The molecule has 1 amide bonds. The van der Waals surface area contributed by atoms with Gasteiger partial charge in [0.15, 0.2) is 5.82 Å². The van der Waals surface area contributed by atoms with E-state index in [0.717, 1.165) is 55.6 Å². The fourth-order valence-electron chi connectivity index (χ4n) is 4.17. The first-order chi connectivity index (χ1) is 16.6. The highest BCUT2D eigenvalue weighted by molar-refractivity contribution is 5.76. The molecule has 0 unspecified atom stereocenters. The predicted molar refractivity (Wildman–Crippen MR) is 129 cm³/mol. The molecule has 34 heavy (non-hydrogen) atoms. The summed E-state index contributed by atoms with van der Waals surface area (Å²) in [5.41, 5.74) is 2.38. The van der Waals surface area contributed by atoms with Gasteiger partial charge in [0.25, 0.3) is 0 Å². The average molecular weight is 464 g/mol. The van der Waals surface area contributed by atoms with Crippen LogP contribution in [0.1, 0.15) is 42.2 Å². The number of methoxy groups -OCH3 is 1. The fraction of sp³-hybridized carbons (Fsp3) is 0.423. The number of ether oxygens (including phenoxy) is 2. The average Bonchev–Trinajstić information content (AvgIpc) is 3.17. The van der Waals surface area contributed by atoms with E-state index in [0.29, 0.717) is 19.6 Å². The Balaban J connectivity index is 1.33. The van der Waals surface area contributed by atoms with Gasteiger partial charge < -0.3 is 19.4 Å². The lowest BCUT2D eigenvalue weighted by Crippen LogP contribution is -2.30. The summed E-state index contributed by atoms with van der Waals surface area (Å²) in [6, 6.07) is 18.3. The van der Waals surface area contributed by atoms with Gasteiger partial charge in [-0.1, -0.05) is 42.5 Å². The van der Waals surface area contributed by atoms with Crippen LogP contribution in [0.5, 0.6) is 5.75 Å². The second kappa shape index (κ2) is 11.8. The maximum atomic E-state index is 12.1. The van der Waals surface area contributed by atoms with Gasteiger partial charge in [-0.3, -0.25) is 9.69 Å². The van der Waals surface area contributed by atoms with Crippen molar-refractivity contribution in [2.24, 2.45) is 0 Å². The molecule has 3 aromatic rings. The molecule has 2 heterocycles. The number of aromatic nitrogens is 3. The number of hydrogen-bond donors (Lipinski definition) is 1. The SMILES string of the molecule is COCCC(=O)N[C@H](C)c1nnc2n1CCN(Cc1cccc(OCc3ccccc3)c1)CC2. The Bertz CT molecular complexity index is 1070. The number of carbonyl (C=O) groups is 1. The zero-order valence-electron chi connectivity index (χ0n) is 19.9. The standard InChI is InChI=1S/C26H33N5O3/c1-20(27-25(32)12-16-33-2)26-29-28-24-11-13-30(14-15-31(24)26)18-22-9-6-10-23(17-22)34-19-21-7-4-3-5-8-21/h3-10,17,20H,11-16,18-19H2,1-2H3,(H,27,32)/t20-/m1/s1. The van der Waals surface area contributed by atoms with E-state index < -0.39 is 0 Å². The summed E-state index contributed by atoms with van der Waals surface area (Å²) in [7, 11) is 1.59. The third-order valence-corrected chi connectivity index (χ3v) is 6.00. The molecule has 1 aliphatic rings. The lowest BCUT2D eigenvalue weighted by Gasteiger charge is -2.20. The minimum atomic E-state index is -0.199. The van der Waals surface area contributed by atoms with Crippen molar-refractivity contribution in [2.45, 2.75) is 45.5 Å². The third kappa shape index (κ3) is 6.42. The highest BCUT2D eigenvalue weighted by Gasteiger charge is 2.22. The van der Waals surface area contributed by atoms with Gasteiger partial charge in [-0.25, -0.2) is 0 Å². The first kappa shape index (κ1) is 23.9. The second-order valence-corrected chi connectivity index (χ2v) is 8.61. The van der Waals surface area contributed by atoms with Crippen LogP contribution in [0, 0.1) is 0 Å². The van der Waals surface area contributed by atoms with Gasteiger partial charge >= 0.3 is 0 Å². The topological polar surface area (TPSA) is 81.5 Å². The molecule has 2 aromatic carbocycles. The number of nitrogens with one attached hydrogen (secondary N) is 1. The lowest BCUT2D eigenvalue weighted by molar-refractivity contribution is -0.122. The van der Waals surface area contributed by atoms with Crippen LogP contribution in [0.3, 0.4) is 0 Å². The lowest BCUT2D eigenvalue weighted by atomic mass is 10.2. The normalized spacial score (nSPS) is 14.8. The summed E-state index contributed by atoms with van der Waals surface area (Å²) in [6.07, 6.45) is 1.16. The van der Waals surface area contributed by atoms with Crippen molar-refractivity contribution in [1.82, 2.24) is 25.0 Å². The summed E-state index contributed by atoms with van der Waals surface area (Å²) in [5, 5.41) is 11.8. The van der Waals surface area contributed by atoms with E-state index in [-0.39, 0.29) is 11.9 Å². The zero-order chi connectivity index (χ0) is 23.8. The highest BCUT2D eigenvalue weighted by atomic mass is 16.5. The van der Waals surface area contributed by atoms with Crippen LogP contribution in [0.4, 0.5) is 0 Å². The van der Waals surface area contributed by atoms with E-state index >= 15 is 0 Å². The number of fused-ring (bicyclic) bond motifs is 1. The molecule has 180 valence electrons.